The summed E-state index contributed by atoms with van der Waals surface area (Å²) in [6.45, 7) is 2.79. The van der Waals surface area contributed by atoms with Crippen LogP contribution in [-0.2, 0) is 20.9 Å². The fourth-order valence-electron chi connectivity index (χ4n) is 5.19. The molecule has 1 aliphatic carbocycles. The zero-order valence-electron chi connectivity index (χ0n) is 23.0. The van der Waals surface area contributed by atoms with E-state index in [1.165, 1.54) is 0 Å². The third kappa shape index (κ3) is 7.27. The Hall–Kier alpha value is -4.17. The third-order valence-electron chi connectivity index (χ3n) is 7.20. The molecule has 0 aromatic heterocycles. The van der Waals surface area contributed by atoms with E-state index in [0.717, 1.165) is 34.2 Å². The lowest BCUT2D eigenvalue weighted by Gasteiger charge is -2.26. The molecule has 3 N–H and O–H groups in total. The average Bonchev–Trinajstić information content (AvgIpc) is 3.27. The summed E-state index contributed by atoms with van der Waals surface area (Å²) >= 11 is 0. The van der Waals surface area contributed by atoms with Crippen molar-refractivity contribution in [3.05, 3.63) is 95.6 Å². The van der Waals surface area contributed by atoms with Crippen molar-refractivity contribution in [1.82, 2.24) is 15.5 Å². The van der Waals surface area contributed by atoms with Crippen molar-refractivity contribution < 1.29 is 24.2 Å². The van der Waals surface area contributed by atoms with Crippen LogP contribution in [0.3, 0.4) is 0 Å². The van der Waals surface area contributed by atoms with Crippen LogP contribution in [0.5, 0.6) is 0 Å². The summed E-state index contributed by atoms with van der Waals surface area (Å²) in [6, 6.07) is 23.9. The number of ether oxygens (including phenoxy) is 1. The van der Waals surface area contributed by atoms with Gasteiger partial charge in [-0.3, -0.25) is 9.69 Å². The summed E-state index contributed by atoms with van der Waals surface area (Å²) in [4.78, 5) is 40.0. The highest BCUT2D eigenvalue weighted by molar-refractivity contribution is 5.89. The summed E-state index contributed by atoms with van der Waals surface area (Å²) in [6.07, 6.45) is 1.06. The molecule has 4 rings (SSSR count). The van der Waals surface area contributed by atoms with E-state index in [-0.39, 0.29) is 19.1 Å². The topological polar surface area (TPSA) is 108 Å². The number of aliphatic carboxylic acids is 1. The maximum atomic E-state index is 13.3. The SMILES string of the molecule is CCCCC(NC(=O)C(CN(C)Cc1ccccc1)NC(=O)OCC1c2ccccc2-c2ccccc21)C(=O)O. The summed E-state index contributed by atoms with van der Waals surface area (Å²) in [7, 11) is 1.85. The number of likely N-dealkylation sites (N-methyl/N-ethyl adjacent to an activating group) is 1. The van der Waals surface area contributed by atoms with Gasteiger partial charge in [-0.05, 0) is 41.3 Å². The monoisotopic (exact) mass is 543 g/mol. The van der Waals surface area contributed by atoms with E-state index >= 15 is 0 Å². The van der Waals surface area contributed by atoms with Gasteiger partial charge in [0.1, 0.15) is 18.7 Å². The molecule has 0 heterocycles. The predicted molar refractivity (Wildman–Crippen MR) is 154 cm³/mol. The molecule has 0 saturated carbocycles. The number of nitrogens with zero attached hydrogens (tertiary/aromatic N) is 1. The number of fused-ring (bicyclic) bond motifs is 3. The number of carbonyl (C=O) groups excluding carboxylic acids is 2. The molecule has 0 saturated heterocycles. The van der Waals surface area contributed by atoms with Crippen LogP contribution in [0, 0.1) is 0 Å². The maximum absolute atomic E-state index is 13.3. The second-order valence-corrected chi connectivity index (χ2v) is 10.2. The van der Waals surface area contributed by atoms with Gasteiger partial charge < -0.3 is 20.5 Å². The van der Waals surface area contributed by atoms with Crippen molar-refractivity contribution in [2.75, 3.05) is 20.2 Å². The normalized spacial score (nSPS) is 13.7. The Morgan fingerprint density at radius 1 is 0.875 bits per heavy atom. The summed E-state index contributed by atoms with van der Waals surface area (Å²) in [5.74, 6) is -1.77. The maximum Gasteiger partial charge on any atom is 0.407 e. The molecule has 8 nitrogen and oxygen atoms in total. The fourth-order valence-corrected chi connectivity index (χ4v) is 5.19. The largest absolute Gasteiger partial charge is 0.480 e. The van der Waals surface area contributed by atoms with Gasteiger partial charge in [0, 0.05) is 19.0 Å². The number of rotatable bonds is 13. The first-order chi connectivity index (χ1) is 19.4. The van der Waals surface area contributed by atoms with E-state index in [1.54, 1.807) is 0 Å². The smallest absolute Gasteiger partial charge is 0.407 e. The Bertz CT molecular complexity index is 1270. The molecule has 8 heteroatoms. The molecule has 40 heavy (non-hydrogen) atoms. The van der Waals surface area contributed by atoms with E-state index in [2.05, 4.69) is 22.8 Å². The third-order valence-corrected chi connectivity index (χ3v) is 7.20. The van der Waals surface area contributed by atoms with Crippen LogP contribution in [-0.4, -0.2) is 60.3 Å². The van der Waals surface area contributed by atoms with Gasteiger partial charge in [-0.25, -0.2) is 9.59 Å². The van der Waals surface area contributed by atoms with Gasteiger partial charge in [0.15, 0.2) is 0 Å². The number of nitrogens with one attached hydrogen (secondary N) is 2. The lowest BCUT2D eigenvalue weighted by molar-refractivity contribution is -0.142. The van der Waals surface area contributed by atoms with Crippen LogP contribution < -0.4 is 10.6 Å². The van der Waals surface area contributed by atoms with E-state index in [0.29, 0.717) is 19.4 Å². The van der Waals surface area contributed by atoms with Gasteiger partial charge in [-0.2, -0.15) is 0 Å². The molecule has 0 bridgehead atoms. The Morgan fingerprint density at radius 3 is 2.08 bits per heavy atom. The molecule has 1 aliphatic rings. The van der Waals surface area contributed by atoms with Crippen molar-refractivity contribution >= 4 is 18.0 Å². The van der Waals surface area contributed by atoms with Crippen LogP contribution in [0.2, 0.25) is 0 Å². The van der Waals surface area contributed by atoms with Gasteiger partial charge in [-0.1, -0.05) is 98.6 Å². The first kappa shape index (κ1) is 28.8. The van der Waals surface area contributed by atoms with E-state index < -0.39 is 30.1 Å². The first-order valence-corrected chi connectivity index (χ1v) is 13.7. The Morgan fingerprint density at radius 2 is 1.48 bits per heavy atom. The Kier molecular flexibility index (Phi) is 9.91. The molecular weight excluding hydrogens is 506 g/mol. The lowest BCUT2D eigenvalue weighted by atomic mass is 9.98. The average molecular weight is 544 g/mol. The highest BCUT2D eigenvalue weighted by Crippen LogP contribution is 2.44. The van der Waals surface area contributed by atoms with Crippen LogP contribution in [0.25, 0.3) is 11.1 Å². The number of carboxylic acids is 1. The molecule has 0 fully saturated rings. The number of amides is 2. The number of carbonyl (C=O) groups is 3. The number of carboxylic acid groups (broad SMARTS) is 1. The van der Waals surface area contributed by atoms with Crippen molar-refractivity contribution in [2.24, 2.45) is 0 Å². The minimum atomic E-state index is -1.10. The number of unbranched alkanes of at least 4 members (excludes halogenated alkanes) is 1. The highest BCUT2D eigenvalue weighted by Gasteiger charge is 2.31. The van der Waals surface area contributed by atoms with Crippen LogP contribution in [0.1, 0.15) is 48.8 Å². The van der Waals surface area contributed by atoms with Gasteiger partial charge in [0.2, 0.25) is 5.91 Å². The van der Waals surface area contributed by atoms with Crippen molar-refractivity contribution in [2.45, 2.75) is 50.7 Å². The zero-order chi connectivity index (χ0) is 28.5. The van der Waals surface area contributed by atoms with Gasteiger partial charge in [-0.15, -0.1) is 0 Å². The summed E-state index contributed by atoms with van der Waals surface area (Å²) in [5.41, 5.74) is 5.48. The standard InChI is InChI=1S/C32H37N3O5/c1-3-4-18-28(31(37)38)33-30(36)29(20-35(2)19-22-12-6-5-7-13-22)34-32(39)40-21-27-25-16-10-8-14-23(25)24-15-9-11-17-26(24)27/h5-17,27-29H,3-4,18-21H2,1-2H3,(H,33,36)(H,34,39)(H,37,38). The van der Waals surface area contributed by atoms with Crippen LogP contribution in [0.15, 0.2) is 78.9 Å². The molecular formula is C32H37N3O5. The highest BCUT2D eigenvalue weighted by atomic mass is 16.5. The Balaban J connectivity index is 1.44. The minimum absolute atomic E-state index is 0.113. The Labute approximate surface area is 235 Å². The van der Waals surface area contributed by atoms with Crippen molar-refractivity contribution in [3.8, 4) is 11.1 Å². The van der Waals surface area contributed by atoms with Gasteiger partial charge in [0.25, 0.3) is 0 Å². The predicted octanol–water partition coefficient (Wildman–Crippen LogP) is 4.79. The molecule has 3 aromatic rings. The van der Waals surface area contributed by atoms with E-state index in [9.17, 15) is 19.5 Å². The second kappa shape index (κ2) is 13.8. The van der Waals surface area contributed by atoms with Crippen LogP contribution >= 0.6 is 0 Å². The molecule has 0 radical (unpaired) electrons. The number of alkyl carbamates (subject to hydrolysis) is 1. The molecule has 3 aromatic carbocycles. The van der Waals surface area contributed by atoms with Crippen LogP contribution in [0.4, 0.5) is 4.79 Å². The van der Waals surface area contributed by atoms with E-state index in [4.69, 9.17) is 4.74 Å². The number of hydrogen-bond acceptors (Lipinski definition) is 5. The van der Waals surface area contributed by atoms with Crippen molar-refractivity contribution in [1.29, 1.82) is 0 Å². The lowest BCUT2D eigenvalue weighted by Crippen LogP contribution is -2.55. The minimum Gasteiger partial charge on any atom is -0.480 e. The molecule has 210 valence electrons. The van der Waals surface area contributed by atoms with Crippen molar-refractivity contribution in [3.63, 3.8) is 0 Å². The molecule has 2 atom stereocenters. The molecule has 2 unspecified atom stereocenters. The van der Waals surface area contributed by atoms with Gasteiger partial charge >= 0.3 is 12.1 Å². The molecule has 0 spiro atoms. The van der Waals surface area contributed by atoms with Gasteiger partial charge in [0.05, 0.1) is 0 Å². The number of benzene rings is 3. The zero-order valence-corrected chi connectivity index (χ0v) is 23.0. The quantitative estimate of drug-likeness (QED) is 0.286. The fraction of sp³-hybridized carbons (Fsp3) is 0.344. The van der Waals surface area contributed by atoms with E-state index in [1.807, 2.05) is 85.6 Å². The number of hydrogen-bond donors (Lipinski definition) is 3. The summed E-state index contributed by atoms with van der Waals surface area (Å²) in [5, 5.41) is 14.9. The first-order valence-electron chi connectivity index (χ1n) is 13.7. The molecule has 2 amide bonds. The second-order valence-electron chi connectivity index (χ2n) is 10.2. The summed E-state index contributed by atoms with van der Waals surface area (Å²) < 4.78 is 5.67. The molecule has 0 aliphatic heterocycles.